The molecule has 2 amide bonds. The summed E-state index contributed by atoms with van der Waals surface area (Å²) in [5.41, 5.74) is 3.33. The molecule has 0 unspecified atom stereocenters. The fraction of sp³-hybridized carbons (Fsp3) is 0.190. The van der Waals surface area contributed by atoms with Gasteiger partial charge in [0.1, 0.15) is 5.75 Å². The maximum atomic E-state index is 12.3. The van der Waals surface area contributed by atoms with E-state index in [1.54, 1.807) is 0 Å². The summed E-state index contributed by atoms with van der Waals surface area (Å²) in [7, 11) is 0. The van der Waals surface area contributed by atoms with Gasteiger partial charge in [-0.05, 0) is 36.8 Å². The molecule has 1 aromatic heterocycles. The lowest BCUT2D eigenvalue weighted by Gasteiger charge is -2.05. The minimum absolute atomic E-state index is 0.112. The number of hydrogen-bond donors (Lipinski definition) is 2. The van der Waals surface area contributed by atoms with Crippen LogP contribution in [0.2, 0.25) is 0 Å². The van der Waals surface area contributed by atoms with Crippen molar-refractivity contribution >= 4 is 34.0 Å². The van der Waals surface area contributed by atoms with E-state index in [1.165, 1.54) is 18.3 Å². The van der Waals surface area contributed by atoms with Crippen LogP contribution in [0.5, 0.6) is 5.75 Å². The van der Waals surface area contributed by atoms with Gasteiger partial charge in [0.25, 0.3) is 0 Å². The summed E-state index contributed by atoms with van der Waals surface area (Å²) in [4.78, 5) is 27.8. The summed E-state index contributed by atoms with van der Waals surface area (Å²) in [5.74, 6) is 0.561. The van der Waals surface area contributed by atoms with Gasteiger partial charge in [0.2, 0.25) is 11.8 Å². The van der Waals surface area contributed by atoms with E-state index in [2.05, 4.69) is 15.6 Å². The first-order chi connectivity index (χ1) is 13.5. The second-order valence-electron chi connectivity index (χ2n) is 6.10. The average molecular weight is 395 g/mol. The molecule has 0 aliphatic heterocycles. The fourth-order valence-corrected chi connectivity index (χ4v) is 3.35. The predicted molar refractivity (Wildman–Crippen MR) is 112 cm³/mol. The molecular formula is C21H21N3O3S. The third-order valence-corrected chi connectivity index (χ3v) is 4.61. The van der Waals surface area contributed by atoms with Crippen molar-refractivity contribution in [3.8, 4) is 17.0 Å². The van der Waals surface area contributed by atoms with Crippen LogP contribution in [0.3, 0.4) is 0 Å². The summed E-state index contributed by atoms with van der Waals surface area (Å²) in [5, 5.41) is 8.01. The van der Waals surface area contributed by atoms with Gasteiger partial charge in [0, 0.05) is 23.6 Å². The molecule has 28 heavy (non-hydrogen) atoms. The minimum Gasteiger partial charge on any atom is -0.494 e. The van der Waals surface area contributed by atoms with Crippen LogP contribution in [0, 0.1) is 0 Å². The Bertz CT molecular complexity index is 950. The van der Waals surface area contributed by atoms with E-state index in [0.717, 1.165) is 28.3 Å². The summed E-state index contributed by atoms with van der Waals surface area (Å²) in [6.07, 6.45) is 0.271. The first-order valence-electron chi connectivity index (χ1n) is 8.88. The first-order valence-corrected chi connectivity index (χ1v) is 9.76. The highest BCUT2D eigenvalue weighted by atomic mass is 32.1. The second kappa shape index (κ2) is 9.14. The molecule has 2 N–H and O–H groups in total. The summed E-state index contributed by atoms with van der Waals surface area (Å²) in [6, 6.07) is 14.9. The normalized spacial score (nSPS) is 10.4. The van der Waals surface area contributed by atoms with Gasteiger partial charge in [-0.15, -0.1) is 11.3 Å². The zero-order valence-electron chi connectivity index (χ0n) is 15.7. The van der Waals surface area contributed by atoms with Crippen LogP contribution >= 0.6 is 11.3 Å². The molecule has 3 rings (SSSR count). The highest BCUT2D eigenvalue weighted by Crippen LogP contribution is 2.26. The number of ether oxygens (including phenoxy) is 1. The lowest BCUT2D eigenvalue weighted by Crippen LogP contribution is -2.14. The van der Waals surface area contributed by atoms with Crippen LogP contribution in [0.4, 0.5) is 10.8 Å². The fourth-order valence-electron chi connectivity index (χ4n) is 2.61. The van der Waals surface area contributed by atoms with Gasteiger partial charge in [-0.1, -0.05) is 24.3 Å². The number of anilines is 2. The largest absolute Gasteiger partial charge is 0.494 e. The SMILES string of the molecule is CCOc1ccc(CC(=O)Nc2nc(-c3ccc(NC(C)=O)cc3)cs2)cc1. The third kappa shape index (κ3) is 5.40. The molecule has 0 saturated carbocycles. The van der Waals surface area contributed by atoms with Crippen LogP contribution in [-0.4, -0.2) is 23.4 Å². The monoisotopic (exact) mass is 395 g/mol. The standard InChI is InChI=1S/C21H21N3O3S/c1-3-27-18-10-4-15(5-11-18)12-20(26)24-21-23-19(13-28-21)16-6-8-17(9-7-16)22-14(2)25/h4-11,13H,3,12H2,1-2H3,(H,22,25)(H,23,24,26). The number of benzene rings is 2. The van der Waals surface area contributed by atoms with Gasteiger partial charge in [-0.2, -0.15) is 0 Å². The molecule has 7 heteroatoms. The number of thiazole rings is 1. The molecule has 2 aromatic carbocycles. The Balaban J connectivity index is 1.59. The van der Waals surface area contributed by atoms with Crippen molar-refractivity contribution in [3.63, 3.8) is 0 Å². The highest BCUT2D eigenvalue weighted by molar-refractivity contribution is 7.14. The van der Waals surface area contributed by atoms with Crippen molar-refractivity contribution < 1.29 is 14.3 Å². The highest BCUT2D eigenvalue weighted by Gasteiger charge is 2.09. The number of carbonyl (C=O) groups is 2. The summed E-state index contributed by atoms with van der Waals surface area (Å²) >= 11 is 1.37. The smallest absolute Gasteiger partial charge is 0.230 e. The van der Waals surface area contributed by atoms with Gasteiger partial charge in [-0.3, -0.25) is 9.59 Å². The third-order valence-electron chi connectivity index (χ3n) is 3.85. The van der Waals surface area contributed by atoms with Crippen molar-refractivity contribution in [1.82, 2.24) is 4.98 Å². The van der Waals surface area contributed by atoms with Gasteiger partial charge >= 0.3 is 0 Å². The van der Waals surface area contributed by atoms with E-state index >= 15 is 0 Å². The van der Waals surface area contributed by atoms with Crippen LogP contribution in [0.25, 0.3) is 11.3 Å². The van der Waals surface area contributed by atoms with Crippen LogP contribution in [0.15, 0.2) is 53.9 Å². The molecule has 3 aromatic rings. The van der Waals surface area contributed by atoms with E-state index in [-0.39, 0.29) is 18.2 Å². The lowest BCUT2D eigenvalue weighted by molar-refractivity contribution is -0.116. The number of aromatic nitrogens is 1. The Morgan fingerprint density at radius 2 is 1.75 bits per heavy atom. The number of hydrogen-bond acceptors (Lipinski definition) is 5. The number of rotatable bonds is 7. The van der Waals surface area contributed by atoms with Crippen LogP contribution in [0.1, 0.15) is 19.4 Å². The van der Waals surface area contributed by atoms with Crippen LogP contribution in [-0.2, 0) is 16.0 Å². The molecule has 0 spiro atoms. The van der Waals surface area contributed by atoms with Gasteiger partial charge in [0.15, 0.2) is 5.13 Å². The topological polar surface area (TPSA) is 80.3 Å². The molecular weight excluding hydrogens is 374 g/mol. The number of carbonyl (C=O) groups excluding carboxylic acids is 2. The molecule has 0 fully saturated rings. The second-order valence-corrected chi connectivity index (χ2v) is 6.96. The van der Waals surface area contributed by atoms with Gasteiger partial charge in [-0.25, -0.2) is 4.98 Å². The summed E-state index contributed by atoms with van der Waals surface area (Å²) in [6.45, 7) is 4.01. The average Bonchev–Trinajstić information content (AvgIpc) is 3.12. The number of nitrogens with zero attached hydrogens (tertiary/aromatic N) is 1. The van der Waals surface area contributed by atoms with E-state index in [9.17, 15) is 9.59 Å². The Kier molecular flexibility index (Phi) is 6.39. The zero-order chi connectivity index (χ0) is 19.9. The van der Waals surface area contributed by atoms with E-state index in [0.29, 0.717) is 11.7 Å². The zero-order valence-corrected chi connectivity index (χ0v) is 16.5. The minimum atomic E-state index is -0.119. The molecule has 0 aliphatic carbocycles. The molecule has 0 saturated heterocycles. The van der Waals surface area contributed by atoms with Crippen molar-refractivity contribution in [1.29, 1.82) is 0 Å². The van der Waals surface area contributed by atoms with Crippen molar-refractivity contribution in [3.05, 3.63) is 59.5 Å². The Morgan fingerprint density at radius 1 is 1.04 bits per heavy atom. The van der Waals surface area contributed by atoms with Crippen molar-refractivity contribution in [2.75, 3.05) is 17.2 Å². The van der Waals surface area contributed by atoms with Crippen molar-refractivity contribution in [2.24, 2.45) is 0 Å². The van der Waals surface area contributed by atoms with Crippen LogP contribution < -0.4 is 15.4 Å². The Hall–Kier alpha value is -3.19. The first kappa shape index (κ1) is 19.6. The molecule has 0 radical (unpaired) electrons. The number of nitrogens with one attached hydrogen (secondary N) is 2. The molecule has 6 nitrogen and oxygen atoms in total. The molecule has 0 aliphatic rings. The van der Waals surface area contributed by atoms with Gasteiger partial charge in [0.05, 0.1) is 18.7 Å². The van der Waals surface area contributed by atoms with Gasteiger partial charge < -0.3 is 15.4 Å². The van der Waals surface area contributed by atoms with E-state index < -0.39 is 0 Å². The Morgan fingerprint density at radius 3 is 2.39 bits per heavy atom. The molecule has 0 atom stereocenters. The molecule has 0 bridgehead atoms. The molecule has 144 valence electrons. The lowest BCUT2D eigenvalue weighted by atomic mass is 10.1. The Labute approximate surface area is 167 Å². The number of amides is 2. The summed E-state index contributed by atoms with van der Waals surface area (Å²) < 4.78 is 5.40. The maximum Gasteiger partial charge on any atom is 0.230 e. The predicted octanol–water partition coefficient (Wildman–Crippen LogP) is 4.35. The van der Waals surface area contributed by atoms with E-state index in [1.807, 2.05) is 60.8 Å². The van der Waals surface area contributed by atoms with E-state index in [4.69, 9.17) is 4.74 Å². The maximum absolute atomic E-state index is 12.3. The molecule has 1 heterocycles. The quantitative estimate of drug-likeness (QED) is 0.623. The van der Waals surface area contributed by atoms with Crippen molar-refractivity contribution in [2.45, 2.75) is 20.3 Å².